The van der Waals surface area contributed by atoms with E-state index in [4.69, 9.17) is 0 Å². The number of hydrogen-bond donors (Lipinski definition) is 0. The van der Waals surface area contributed by atoms with Crippen molar-refractivity contribution in [1.82, 2.24) is 0 Å². The van der Waals surface area contributed by atoms with Crippen molar-refractivity contribution >= 4 is 5.57 Å². The van der Waals surface area contributed by atoms with Crippen LogP contribution in [0, 0.1) is 0 Å². The molecule has 1 aromatic carbocycles. The summed E-state index contributed by atoms with van der Waals surface area (Å²) in [6.45, 7) is 2.11. The molecule has 0 unspecified atom stereocenters. The van der Waals surface area contributed by atoms with Gasteiger partial charge in [0.25, 0.3) is 0 Å². The highest BCUT2D eigenvalue weighted by Gasteiger charge is 2.01. The molecule has 0 heterocycles. The first kappa shape index (κ1) is 8.80. The average molecular weight is 180 g/mol. The van der Waals surface area contributed by atoms with Gasteiger partial charge in [0.1, 0.15) is 0 Å². The van der Waals surface area contributed by atoms with Gasteiger partial charge in [-0.2, -0.15) is 0 Å². The SMILES string of the molecule is CC1=CC=CC=C=C1c1ccccc1. The lowest BCUT2D eigenvalue weighted by Crippen LogP contribution is -1.83. The summed E-state index contributed by atoms with van der Waals surface area (Å²) in [7, 11) is 0. The lowest BCUT2D eigenvalue weighted by molar-refractivity contribution is 1.50. The van der Waals surface area contributed by atoms with Gasteiger partial charge >= 0.3 is 0 Å². The van der Waals surface area contributed by atoms with Crippen molar-refractivity contribution in [3.8, 4) is 0 Å². The maximum atomic E-state index is 3.28. The van der Waals surface area contributed by atoms with Gasteiger partial charge in [0, 0.05) is 5.57 Å². The van der Waals surface area contributed by atoms with Gasteiger partial charge in [-0.1, -0.05) is 48.6 Å². The first-order valence-corrected chi connectivity index (χ1v) is 4.74. The second-order valence-corrected chi connectivity index (χ2v) is 3.29. The fourth-order valence-corrected chi connectivity index (χ4v) is 1.50. The lowest BCUT2D eigenvalue weighted by Gasteiger charge is -2.03. The van der Waals surface area contributed by atoms with E-state index in [1.54, 1.807) is 0 Å². The highest BCUT2D eigenvalue weighted by molar-refractivity contribution is 5.78. The molecule has 0 saturated carbocycles. The van der Waals surface area contributed by atoms with E-state index in [0.29, 0.717) is 0 Å². The van der Waals surface area contributed by atoms with Gasteiger partial charge in [0.15, 0.2) is 0 Å². The van der Waals surface area contributed by atoms with Gasteiger partial charge in [0.2, 0.25) is 0 Å². The minimum atomic E-state index is 1.18. The van der Waals surface area contributed by atoms with Gasteiger partial charge in [-0.25, -0.2) is 0 Å². The molecule has 0 nitrogen and oxygen atoms in total. The molecule has 1 aromatic rings. The molecule has 0 radical (unpaired) electrons. The third kappa shape index (κ3) is 1.76. The fraction of sp³-hybridized carbons (Fsp3) is 0.0714. The fourth-order valence-electron chi connectivity index (χ4n) is 1.50. The minimum absolute atomic E-state index is 1.18. The standard InChI is InChI=1S/C14H12/c1-12-8-4-2-7-11-14(12)13-9-5-3-6-10-13/h2-10H,1H3. The van der Waals surface area contributed by atoms with Gasteiger partial charge in [-0.3, -0.25) is 0 Å². The van der Waals surface area contributed by atoms with Crippen LogP contribution in [0.25, 0.3) is 5.57 Å². The molecule has 1 aliphatic rings. The van der Waals surface area contributed by atoms with E-state index < -0.39 is 0 Å². The lowest BCUT2D eigenvalue weighted by atomic mass is 10.0. The Bertz CT molecular complexity index is 438. The molecular formula is C14H12. The Hall–Kier alpha value is -1.78. The van der Waals surface area contributed by atoms with Crippen LogP contribution >= 0.6 is 0 Å². The first-order chi connectivity index (χ1) is 6.88. The van der Waals surface area contributed by atoms with E-state index in [1.165, 1.54) is 16.7 Å². The van der Waals surface area contributed by atoms with Crippen LogP contribution in [0.3, 0.4) is 0 Å². The summed E-state index contributed by atoms with van der Waals surface area (Å²) < 4.78 is 0. The summed E-state index contributed by atoms with van der Waals surface area (Å²) in [4.78, 5) is 0. The second-order valence-electron chi connectivity index (χ2n) is 3.29. The summed E-state index contributed by atoms with van der Waals surface area (Å²) in [5, 5.41) is 0. The molecular weight excluding hydrogens is 168 g/mol. The zero-order chi connectivity index (χ0) is 9.80. The van der Waals surface area contributed by atoms with E-state index in [9.17, 15) is 0 Å². The van der Waals surface area contributed by atoms with Gasteiger partial charge in [-0.15, -0.1) is 5.73 Å². The topological polar surface area (TPSA) is 0 Å². The zero-order valence-corrected chi connectivity index (χ0v) is 8.20. The van der Waals surface area contributed by atoms with Crippen LogP contribution in [0.1, 0.15) is 12.5 Å². The maximum absolute atomic E-state index is 3.28. The summed E-state index contributed by atoms with van der Waals surface area (Å²) in [6, 6.07) is 10.4. The number of hydrogen-bond acceptors (Lipinski definition) is 0. The van der Waals surface area contributed by atoms with Crippen molar-refractivity contribution in [2.75, 3.05) is 0 Å². The highest BCUT2D eigenvalue weighted by Crippen LogP contribution is 2.22. The maximum Gasteiger partial charge on any atom is 0.0266 e. The van der Waals surface area contributed by atoms with Crippen LogP contribution in [0.15, 0.2) is 65.9 Å². The molecule has 2 rings (SSSR count). The molecule has 0 aromatic heterocycles. The number of rotatable bonds is 1. The van der Waals surface area contributed by atoms with E-state index >= 15 is 0 Å². The van der Waals surface area contributed by atoms with E-state index in [2.05, 4.69) is 43.0 Å². The molecule has 0 atom stereocenters. The third-order valence-electron chi connectivity index (χ3n) is 2.24. The van der Waals surface area contributed by atoms with E-state index in [1.807, 2.05) is 24.3 Å². The van der Waals surface area contributed by atoms with E-state index in [-0.39, 0.29) is 0 Å². The third-order valence-corrected chi connectivity index (χ3v) is 2.24. The normalized spacial score (nSPS) is 14.6. The van der Waals surface area contributed by atoms with Crippen molar-refractivity contribution in [3.63, 3.8) is 0 Å². The Labute approximate surface area is 84.6 Å². The summed E-state index contributed by atoms with van der Waals surface area (Å²) in [5.74, 6) is 0. The molecule has 0 heteroatoms. The van der Waals surface area contributed by atoms with Crippen LogP contribution in [0.5, 0.6) is 0 Å². The Morgan fingerprint density at radius 3 is 2.57 bits per heavy atom. The molecule has 68 valence electrons. The molecule has 0 amide bonds. The van der Waals surface area contributed by atoms with E-state index in [0.717, 1.165) is 0 Å². The van der Waals surface area contributed by atoms with Crippen molar-refractivity contribution in [2.45, 2.75) is 6.92 Å². The molecule has 1 aliphatic carbocycles. The molecule has 0 saturated heterocycles. The smallest absolute Gasteiger partial charge is 0.0266 e. The summed E-state index contributed by atoms with van der Waals surface area (Å²) >= 11 is 0. The zero-order valence-electron chi connectivity index (χ0n) is 8.20. The van der Waals surface area contributed by atoms with Crippen molar-refractivity contribution < 1.29 is 0 Å². The predicted molar refractivity (Wildman–Crippen MR) is 60.8 cm³/mol. The molecule has 0 bridgehead atoms. The van der Waals surface area contributed by atoms with Gasteiger partial charge in [0.05, 0.1) is 0 Å². The molecule has 0 spiro atoms. The molecule has 0 fully saturated rings. The number of allylic oxidation sites excluding steroid dienone is 5. The Morgan fingerprint density at radius 2 is 1.79 bits per heavy atom. The first-order valence-electron chi connectivity index (χ1n) is 4.74. The summed E-state index contributed by atoms with van der Waals surface area (Å²) in [5.41, 5.74) is 6.94. The quantitative estimate of drug-likeness (QED) is 0.577. The predicted octanol–water partition coefficient (Wildman–Crippen LogP) is 3.74. The Morgan fingerprint density at radius 1 is 1.00 bits per heavy atom. The van der Waals surface area contributed by atoms with Crippen molar-refractivity contribution in [2.24, 2.45) is 0 Å². The highest BCUT2D eigenvalue weighted by atomic mass is 14.0. The molecule has 14 heavy (non-hydrogen) atoms. The number of benzene rings is 1. The van der Waals surface area contributed by atoms with Crippen LogP contribution in [0.4, 0.5) is 0 Å². The van der Waals surface area contributed by atoms with Crippen molar-refractivity contribution in [1.29, 1.82) is 0 Å². The largest absolute Gasteiger partial charge is 0.112 e. The van der Waals surface area contributed by atoms with Gasteiger partial charge < -0.3 is 0 Å². The van der Waals surface area contributed by atoms with Gasteiger partial charge in [-0.05, 0) is 24.1 Å². The van der Waals surface area contributed by atoms with Crippen LogP contribution in [0.2, 0.25) is 0 Å². The Kier molecular flexibility index (Phi) is 2.48. The summed E-state index contributed by atoms with van der Waals surface area (Å²) in [6.07, 6.45) is 8.10. The molecule has 0 N–H and O–H groups in total. The van der Waals surface area contributed by atoms with Crippen LogP contribution < -0.4 is 0 Å². The van der Waals surface area contributed by atoms with Crippen molar-refractivity contribution in [3.05, 3.63) is 71.5 Å². The second kappa shape index (κ2) is 3.95. The minimum Gasteiger partial charge on any atom is -0.112 e. The average Bonchev–Trinajstić information content (AvgIpc) is 2.44. The monoisotopic (exact) mass is 180 g/mol. The van der Waals surface area contributed by atoms with Crippen LogP contribution in [-0.2, 0) is 0 Å². The molecule has 0 aliphatic heterocycles. The Balaban J connectivity index is 2.50. The van der Waals surface area contributed by atoms with Crippen LogP contribution in [-0.4, -0.2) is 0 Å².